The highest BCUT2D eigenvalue weighted by Crippen LogP contribution is 2.20. The number of nitrogens with two attached hydrogens (primary N) is 1. The summed E-state index contributed by atoms with van der Waals surface area (Å²) in [6.07, 6.45) is 7.17. The Bertz CT molecular complexity index is 425. The van der Waals surface area contributed by atoms with E-state index >= 15 is 0 Å². The zero-order valence-electron chi connectivity index (χ0n) is 14.0. The first-order valence-corrected chi connectivity index (χ1v) is 8.89. The highest BCUT2D eigenvalue weighted by molar-refractivity contribution is 6.20. The van der Waals surface area contributed by atoms with E-state index in [-0.39, 0.29) is 6.61 Å². The Morgan fingerprint density at radius 1 is 1.17 bits per heavy atom. The first-order chi connectivity index (χ1) is 11.0. The van der Waals surface area contributed by atoms with Crippen molar-refractivity contribution in [3.8, 4) is 5.75 Å². The summed E-state index contributed by atoms with van der Waals surface area (Å²) in [6, 6.07) is 7.83. The molecular formula is C18H30ClNO3. The van der Waals surface area contributed by atoms with Gasteiger partial charge in [-0.2, -0.15) is 0 Å². The van der Waals surface area contributed by atoms with Crippen LogP contribution < -0.4 is 10.5 Å². The van der Waals surface area contributed by atoms with Gasteiger partial charge < -0.3 is 20.7 Å². The van der Waals surface area contributed by atoms with E-state index in [1.807, 2.05) is 24.3 Å². The molecule has 132 valence electrons. The normalized spacial score (nSPS) is 15.2. The van der Waals surface area contributed by atoms with Gasteiger partial charge in [-0.1, -0.05) is 56.3 Å². The number of hydrogen-bond acceptors (Lipinski definition) is 4. The predicted molar refractivity (Wildman–Crippen MR) is 94.9 cm³/mol. The Labute approximate surface area is 144 Å². The van der Waals surface area contributed by atoms with Crippen LogP contribution in [0.2, 0.25) is 0 Å². The molecule has 5 heteroatoms. The lowest BCUT2D eigenvalue weighted by Gasteiger charge is -2.28. The zero-order chi connectivity index (χ0) is 17.1. The van der Waals surface area contributed by atoms with Crippen LogP contribution in [-0.4, -0.2) is 34.5 Å². The standard InChI is InChI=1S/C18H30ClNO3/c1-2-3-4-5-6-13-23-16-9-7-15(8-10-16)11-12-18(20,14-21)17(19)22/h7-10,17,21-22H,2-6,11-14,20H2,1H3. The smallest absolute Gasteiger partial charge is 0.148 e. The number of benzene rings is 1. The number of aliphatic hydroxyl groups is 2. The van der Waals surface area contributed by atoms with E-state index in [0.717, 1.165) is 24.3 Å². The maximum absolute atomic E-state index is 9.43. The molecule has 2 unspecified atom stereocenters. The fourth-order valence-corrected chi connectivity index (χ4v) is 2.48. The minimum Gasteiger partial charge on any atom is -0.494 e. The number of unbranched alkanes of at least 4 members (excludes halogenated alkanes) is 4. The van der Waals surface area contributed by atoms with Crippen LogP contribution in [0.3, 0.4) is 0 Å². The molecule has 0 aromatic heterocycles. The molecule has 1 aromatic rings. The van der Waals surface area contributed by atoms with Gasteiger partial charge in [-0.25, -0.2) is 0 Å². The van der Waals surface area contributed by atoms with Crippen LogP contribution in [0.25, 0.3) is 0 Å². The summed E-state index contributed by atoms with van der Waals surface area (Å²) in [6.45, 7) is 2.61. The van der Waals surface area contributed by atoms with Crippen LogP contribution in [0.15, 0.2) is 24.3 Å². The lowest BCUT2D eigenvalue weighted by atomic mass is 9.93. The van der Waals surface area contributed by atoms with Crippen LogP contribution in [-0.2, 0) is 6.42 Å². The lowest BCUT2D eigenvalue weighted by Crippen LogP contribution is -2.52. The van der Waals surface area contributed by atoms with Gasteiger partial charge in [0.05, 0.1) is 18.8 Å². The summed E-state index contributed by atoms with van der Waals surface area (Å²) in [5.41, 5.74) is 4.51. The summed E-state index contributed by atoms with van der Waals surface area (Å²) in [4.78, 5) is 0. The van der Waals surface area contributed by atoms with E-state index in [1.54, 1.807) is 0 Å². The van der Waals surface area contributed by atoms with Gasteiger partial charge in [0.15, 0.2) is 0 Å². The maximum atomic E-state index is 9.43. The van der Waals surface area contributed by atoms with E-state index in [9.17, 15) is 10.2 Å². The van der Waals surface area contributed by atoms with Gasteiger partial charge in [0.2, 0.25) is 0 Å². The van der Waals surface area contributed by atoms with Crippen molar-refractivity contribution in [1.82, 2.24) is 0 Å². The number of aliphatic hydroxyl groups excluding tert-OH is 2. The van der Waals surface area contributed by atoms with Crippen molar-refractivity contribution < 1.29 is 14.9 Å². The highest BCUT2D eigenvalue weighted by Gasteiger charge is 2.31. The number of ether oxygens (including phenoxy) is 1. The fraction of sp³-hybridized carbons (Fsp3) is 0.667. The zero-order valence-corrected chi connectivity index (χ0v) is 14.8. The van der Waals surface area contributed by atoms with Gasteiger partial charge in [-0.3, -0.25) is 0 Å². The molecule has 23 heavy (non-hydrogen) atoms. The Balaban J connectivity index is 2.33. The van der Waals surface area contributed by atoms with Crippen molar-refractivity contribution in [2.45, 2.75) is 63.0 Å². The predicted octanol–water partition coefficient (Wildman–Crippen LogP) is 3.22. The minimum absolute atomic E-state index is 0.350. The van der Waals surface area contributed by atoms with E-state index in [0.29, 0.717) is 12.8 Å². The Morgan fingerprint density at radius 2 is 1.83 bits per heavy atom. The van der Waals surface area contributed by atoms with Gasteiger partial charge in [0, 0.05) is 0 Å². The van der Waals surface area contributed by atoms with Gasteiger partial charge in [-0.05, 0) is 37.0 Å². The highest BCUT2D eigenvalue weighted by atomic mass is 35.5. The maximum Gasteiger partial charge on any atom is 0.148 e. The monoisotopic (exact) mass is 343 g/mol. The summed E-state index contributed by atoms with van der Waals surface area (Å²) in [5.74, 6) is 0.864. The lowest BCUT2D eigenvalue weighted by molar-refractivity contribution is 0.0887. The molecule has 0 saturated carbocycles. The first kappa shape index (κ1) is 20.2. The molecule has 4 nitrogen and oxygen atoms in total. The second-order valence-corrected chi connectivity index (χ2v) is 6.55. The molecule has 0 fully saturated rings. The number of aryl methyl sites for hydroxylation is 1. The quantitative estimate of drug-likeness (QED) is 0.402. The Kier molecular flexibility index (Phi) is 9.56. The molecule has 0 saturated heterocycles. The molecule has 0 radical (unpaired) electrons. The van der Waals surface area contributed by atoms with Crippen LogP contribution in [0.4, 0.5) is 0 Å². The minimum atomic E-state index is -1.26. The van der Waals surface area contributed by atoms with E-state index in [4.69, 9.17) is 22.1 Å². The molecule has 4 N–H and O–H groups in total. The third kappa shape index (κ3) is 7.53. The molecule has 2 atom stereocenters. The van der Waals surface area contributed by atoms with E-state index < -0.39 is 11.1 Å². The Hall–Kier alpha value is -0.810. The molecule has 0 bridgehead atoms. The molecule has 0 aliphatic rings. The molecule has 0 amide bonds. The van der Waals surface area contributed by atoms with Crippen molar-refractivity contribution in [3.63, 3.8) is 0 Å². The first-order valence-electron chi connectivity index (χ1n) is 8.45. The van der Waals surface area contributed by atoms with Gasteiger partial charge in [0.25, 0.3) is 0 Å². The number of rotatable bonds is 12. The average molecular weight is 344 g/mol. The molecule has 0 heterocycles. The molecule has 0 spiro atoms. The molecule has 1 aromatic carbocycles. The molecular weight excluding hydrogens is 314 g/mol. The largest absolute Gasteiger partial charge is 0.494 e. The van der Waals surface area contributed by atoms with Crippen LogP contribution in [0.5, 0.6) is 5.75 Å². The van der Waals surface area contributed by atoms with Crippen LogP contribution in [0.1, 0.15) is 51.0 Å². The second-order valence-electron chi connectivity index (χ2n) is 6.13. The second kappa shape index (κ2) is 10.9. The number of hydrogen-bond donors (Lipinski definition) is 3. The molecule has 0 aliphatic carbocycles. The molecule has 0 aliphatic heterocycles. The van der Waals surface area contributed by atoms with Crippen molar-refractivity contribution in [1.29, 1.82) is 0 Å². The van der Waals surface area contributed by atoms with Crippen molar-refractivity contribution in [2.75, 3.05) is 13.2 Å². The van der Waals surface area contributed by atoms with Gasteiger partial charge in [-0.15, -0.1) is 0 Å². The van der Waals surface area contributed by atoms with E-state index in [1.165, 1.54) is 25.7 Å². The topological polar surface area (TPSA) is 75.7 Å². The average Bonchev–Trinajstić information content (AvgIpc) is 2.56. The van der Waals surface area contributed by atoms with Crippen molar-refractivity contribution in [3.05, 3.63) is 29.8 Å². The third-order valence-corrected chi connectivity index (χ3v) is 4.52. The number of halogens is 1. The molecule has 1 rings (SSSR count). The summed E-state index contributed by atoms with van der Waals surface area (Å²) in [7, 11) is 0. The Morgan fingerprint density at radius 3 is 2.39 bits per heavy atom. The van der Waals surface area contributed by atoms with Crippen LogP contribution in [0, 0.1) is 0 Å². The summed E-state index contributed by atoms with van der Waals surface area (Å²) < 4.78 is 5.72. The fourth-order valence-electron chi connectivity index (χ4n) is 2.30. The summed E-state index contributed by atoms with van der Waals surface area (Å²) in [5, 5.41) is 18.7. The summed E-state index contributed by atoms with van der Waals surface area (Å²) >= 11 is 5.63. The van der Waals surface area contributed by atoms with Crippen molar-refractivity contribution in [2.24, 2.45) is 5.73 Å². The van der Waals surface area contributed by atoms with E-state index in [2.05, 4.69) is 6.92 Å². The van der Waals surface area contributed by atoms with Gasteiger partial charge >= 0.3 is 0 Å². The third-order valence-electron chi connectivity index (χ3n) is 4.09. The van der Waals surface area contributed by atoms with Crippen LogP contribution >= 0.6 is 11.6 Å². The SMILES string of the molecule is CCCCCCCOc1ccc(CCC(N)(CO)C(O)Cl)cc1. The van der Waals surface area contributed by atoms with Crippen molar-refractivity contribution >= 4 is 11.6 Å². The number of alkyl halides is 1. The van der Waals surface area contributed by atoms with Gasteiger partial charge in [0.1, 0.15) is 11.3 Å².